The molecule has 0 aromatic heterocycles. The maximum absolute atomic E-state index is 11.8. The van der Waals surface area contributed by atoms with Crippen molar-refractivity contribution >= 4 is 17.5 Å². The number of carbonyl (C=O) groups is 2. The Kier molecular flexibility index (Phi) is 6.18. The Morgan fingerprint density at radius 2 is 2.00 bits per heavy atom. The van der Waals surface area contributed by atoms with Crippen LogP contribution in [0.1, 0.15) is 18.1 Å². The molecule has 1 aromatic carbocycles. The molecule has 2 amide bonds. The van der Waals surface area contributed by atoms with Gasteiger partial charge in [-0.2, -0.15) is 0 Å². The van der Waals surface area contributed by atoms with E-state index in [-0.39, 0.29) is 18.4 Å². The third-order valence-electron chi connectivity index (χ3n) is 2.97. The van der Waals surface area contributed by atoms with Gasteiger partial charge in [-0.25, -0.2) is 0 Å². The van der Waals surface area contributed by atoms with E-state index < -0.39 is 0 Å². The van der Waals surface area contributed by atoms with Gasteiger partial charge in [0.05, 0.1) is 6.61 Å². The molecule has 0 saturated heterocycles. The summed E-state index contributed by atoms with van der Waals surface area (Å²) in [5, 5.41) is 2.71. The predicted molar refractivity (Wildman–Crippen MR) is 78.8 cm³/mol. The summed E-state index contributed by atoms with van der Waals surface area (Å²) in [5.74, 6) is -0.348. The first kappa shape index (κ1) is 16.2. The van der Waals surface area contributed by atoms with E-state index in [4.69, 9.17) is 4.74 Å². The molecule has 0 spiro atoms. The van der Waals surface area contributed by atoms with Gasteiger partial charge in [0.15, 0.2) is 0 Å². The van der Waals surface area contributed by atoms with Crippen LogP contribution in [0.3, 0.4) is 0 Å². The molecule has 0 heterocycles. The molecule has 0 bridgehead atoms. The van der Waals surface area contributed by atoms with Crippen LogP contribution in [-0.4, -0.2) is 38.6 Å². The summed E-state index contributed by atoms with van der Waals surface area (Å²) in [6.07, 6.45) is 0. The molecule has 0 aliphatic rings. The van der Waals surface area contributed by atoms with Crippen molar-refractivity contribution in [2.45, 2.75) is 20.8 Å². The van der Waals surface area contributed by atoms with Gasteiger partial charge in [-0.05, 0) is 31.0 Å². The van der Waals surface area contributed by atoms with Crippen molar-refractivity contribution in [1.29, 1.82) is 0 Å². The molecule has 1 aromatic rings. The van der Waals surface area contributed by atoms with Crippen molar-refractivity contribution in [3.05, 3.63) is 29.3 Å². The fourth-order valence-electron chi connectivity index (χ4n) is 1.87. The molecule has 1 N–H and O–H groups in total. The fraction of sp³-hybridized carbons (Fsp3) is 0.467. The molecular weight excluding hydrogens is 256 g/mol. The summed E-state index contributed by atoms with van der Waals surface area (Å²) in [4.78, 5) is 25.1. The topological polar surface area (TPSA) is 58.6 Å². The molecule has 0 unspecified atom stereocenters. The van der Waals surface area contributed by atoms with E-state index in [0.29, 0.717) is 13.2 Å². The number of nitrogens with one attached hydrogen (secondary N) is 1. The van der Waals surface area contributed by atoms with Crippen LogP contribution in [0.2, 0.25) is 0 Å². The van der Waals surface area contributed by atoms with E-state index >= 15 is 0 Å². The van der Waals surface area contributed by atoms with Crippen LogP contribution >= 0.6 is 0 Å². The fourth-order valence-corrected chi connectivity index (χ4v) is 1.87. The first-order chi connectivity index (χ1) is 9.45. The number of carbonyl (C=O) groups excluding carboxylic acids is 2. The highest BCUT2D eigenvalue weighted by molar-refractivity contribution is 5.98. The lowest BCUT2D eigenvalue weighted by atomic mass is 10.1. The van der Waals surface area contributed by atoms with Gasteiger partial charge in [0.1, 0.15) is 6.54 Å². The van der Waals surface area contributed by atoms with E-state index in [1.807, 2.05) is 32.0 Å². The van der Waals surface area contributed by atoms with Gasteiger partial charge in [-0.15, -0.1) is 0 Å². The highest BCUT2D eigenvalue weighted by Crippen LogP contribution is 2.21. The largest absolute Gasteiger partial charge is 0.383 e. The minimum Gasteiger partial charge on any atom is -0.383 e. The first-order valence-electron chi connectivity index (χ1n) is 6.56. The third-order valence-corrected chi connectivity index (χ3v) is 2.97. The molecule has 5 heteroatoms. The predicted octanol–water partition coefficient (Wildman–Crippen LogP) is 1.42. The average molecular weight is 278 g/mol. The number of amides is 2. The molecule has 0 fully saturated rings. The van der Waals surface area contributed by atoms with E-state index in [0.717, 1.165) is 16.8 Å². The lowest BCUT2D eigenvalue weighted by Gasteiger charge is -2.23. The van der Waals surface area contributed by atoms with Crippen LogP contribution in [0.25, 0.3) is 0 Å². The molecule has 5 nitrogen and oxygen atoms in total. The van der Waals surface area contributed by atoms with E-state index in [1.54, 1.807) is 7.11 Å². The maximum atomic E-state index is 11.8. The lowest BCUT2D eigenvalue weighted by Crippen LogP contribution is -2.41. The van der Waals surface area contributed by atoms with Crippen molar-refractivity contribution < 1.29 is 14.3 Å². The Morgan fingerprint density at radius 3 is 2.60 bits per heavy atom. The number of ether oxygens (including phenoxy) is 1. The molecule has 20 heavy (non-hydrogen) atoms. The van der Waals surface area contributed by atoms with Gasteiger partial charge >= 0.3 is 0 Å². The maximum Gasteiger partial charge on any atom is 0.240 e. The second kappa shape index (κ2) is 7.65. The minimum atomic E-state index is -0.196. The number of aryl methyl sites for hydroxylation is 2. The average Bonchev–Trinajstić information content (AvgIpc) is 2.39. The van der Waals surface area contributed by atoms with Crippen molar-refractivity contribution in [1.82, 2.24) is 5.32 Å². The van der Waals surface area contributed by atoms with Crippen LogP contribution in [0.5, 0.6) is 0 Å². The quantitative estimate of drug-likeness (QED) is 0.801. The monoisotopic (exact) mass is 278 g/mol. The first-order valence-corrected chi connectivity index (χ1v) is 6.56. The van der Waals surface area contributed by atoms with Gasteiger partial charge in [-0.1, -0.05) is 12.1 Å². The minimum absolute atomic E-state index is 0.0172. The summed E-state index contributed by atoms with van der Waals surface area (Å²) in [6, 6.07) is 5.85. The zero-order valence-corrected chi connectivity index (χ0v) is 12.5. The van der Waals surface area contributed by atoms with Crippen molar-refractivity contribution in [2.75, 3.05) is 31.7 Å². The Hall–Kier alpha value is -1.88. The van der Waals surface area contributed by atoms with E-state index in [2.05, 4.69) is 5.32 Å². The Morgan fingerprint density at radius 1 is 1.30 bits per heavy atom. The number of methoxy groups -OCH3 is 1. The van der Waals surface area contributed by atoms with Crippen LogP contribution in [0.15, 0.2) is 18.2 Å². The smallest absolute Gasteiger partial charge is 0.240 e. The standard InChI is InChI=1S/C15H22N2O3/c1-11-5-6-12(2)14(9-11)17(13(3)18)10-15(19)16-7-8-20-4/h5-6,9H,7-8,10H2,1-4H3,(H,16,19). The Labute approximate surface area is 119 Å². The molecule has 0 saturated carbocycles. The van der Waals surface area contributed by atoms with Crippen LogP contribution in [-0.2, 0) is 14.3 Å². The second-order valence-corrected chi connectivity index (χ2v) is 4.74. The van der Waals surface area contributed by atoms with Crippen molar-refractivity contribution in [3.8, 4) is 0 Å². The van der Waals surface area contributed by atoms with Crippen LogP contribution in [0, 0.1) is 13.8 Å². The second-order valence-electron chi connectivity index (χ2n) is 4.74. The summed E-state index contributed by atoms with van der Waals surface area (Å²) >= 11 is 0. The lowest BCUT2D eigenvalue weighted by molar-refractivity contribution is -0.123. The van der Waals surface area contributed by atoms with Gasteiger partial charge in [0.2, 0.25) is 11.8 Å². The third kappa shape index (κ3) is 4.66. The van der Waals surface area contributed by atoms with Gasteiger partial charge < -0.3 is 15.0 Å². The Bertz CT molecular complexity index is 486. The van der Waals surface area contributed by atoms with Crippen LogP contribution in [0.4, 0.5) is 5.69 Å². The highest BCUT2D eigenvalue weighted by atomic mass is 16.5. The Balaban J connectivity index is 2.82. The van der Waals surface area contributed by atoms with Gasteiger partial charge in [-0.3, -0.25) is 9.59 Å². The molecule has 0 aliphatic carbocycles. The zero-order chi connectivity index (χ0) is 15.1. The molecule has 1 rings (SSSR count). The number of hydrogen-bond donors (Lipinski definition) is 1. The number of nitrogens with zero attached hydrogens (tertiary/aromatic N) is 1. The molecule has 0 radical (unpaired) electrons. The number of hydrogen-bond acceptors (Lipinski definition) is 3. The highest BCUT2D eigenvalue weighted by Gasteiger charge is 2.17. The van der Waals surface area contributed by atoms with E-state index in [1.165, 1.54) is 11.8 Å². The SMILES string of the molecule is COCCNC(=O)CN(C(C)=O)c1cc(C)ccc1C. The molecule has 0 atom stereocenters. The van der Waals surface area contributed by atoms with Gasteiger partial charge in [0, 0.05) is 26.3 Å². The summed E-state index contributed by atoms with van der Waals surface area (Å²) in [5.41, 5.74) is 2.80. The van der Waals surface area contributed by atoms with Crippen molar-refractivity contribution in [3.63, 3.8) is 0 Å². The zero-order valence-electron chi connectivity index (χ0n) is 12.5. The summed E-state index contributed by atoms with van der Waals surface area (Å²) in [7, 11) is 1.57. The number of benzene rings is 1. The normalized spacial score (nSPS) is 10.2. The molecule has 0 aliphatic heterocycles. The van der Waals surface area contributed by atoms with E-state index in [9.17, 15) is 9.59 Å². The number of rotatable bonds is 6. The summed E-state index contributed by atoms with van der Waals surface area (Å²) in [6.45, 7) is 6.25. The summed E-state index contributed by atoms with van der Waals surface area (Å²) < 4.78 is 4.87. The van der Waals surface area contributed by atoms with Gasteiger partial charge in [0.25, 0.3) is 0 Å². The molecule has 110 valence electrons. The number of anilines is 1. The molecular formula is C15H22N2O3. The van der Waals surface area contributed by atoms with Crippen LogP contribution < -0.4 is 10.2 Å². The van der Waals surface area contributed by atoms with Crippen molar-refractivity contribution in [2.24, 2.45) is 0 Å².